The highest BCUT2D eigenvalue weighted by atomic mass is 16.1. The maximum Gasteiger partial charge on any atom is 0.163 e. The average Bonchev–Trinajstić information content (AvgIpc) is 2.24. The summed E-state index contributed by atoms with van der Waals surface area (Å²) < 4.78 is 0. The second kappa shape index (κ2) is 5.44. The van der Waals surface area contributed by atoms with Crippen LogP contribution in [-0.4, -0.2) is 12.1 Å². The Balaban J connectivity index is 2.90. The summed E-state index contributed by atoms with van der Waals surface area (Å²) in [7, 11) is 0. The van der Waals surface area contributed by atoms with Crippen LogP contribution >= 0.6 is 0 Å². The Labute approximate surface area is 104 Å². The van der Waals surface area contributed by atoms with E-state index < -0.39 is 0 Å². The fourth-order valence-corrected chi connectivity index (χ4v) is 2.64. The molecule has 0 heterocycles. The van der Waals surface area contributed by atoms with Gasteiger partial charge in [0.05, 0.1) is 0 Å². The molecule has 0 aromatic rings. The zero-order valence-corrected chi connectivity index (χ0v) is 11.3. The first-order valence-electron chi connectivity index (χ1n) is 6.24. The molecule has 0 aromatic carbocycles. The van der Waals surface area contributed by atoms with Crippen molar-refractivity contribution >= 4 is 12.1 Å². The molecule has 2 heteroatoms. The number of hydrogen-bond donors (Lipinski definition) is 0. The van der Waals surface area contributed by atoms with Gasteiger partial charge in [-0.1, -0.05) is 25.5 Å². The molecule has 0 amide bonds. The topological polar surface area (TPSA) is 34.1 Å². The molecule has 94 valence electrons. The lowest BCUT2D eigenvalue weighted by atomic mass is 9.71. The SMILES string of the molecule is CC(C=O)=CCC(=O)C1=C(C)CCCC1(C)C. The quantitative estimate of drug-likeness (QED) is 0.550. The van der Waals surface area contributed by atoms with Crippen molar-refractivity contribution in [3.05, 3.63) is 22.8 Å². The van der Waals surface area contributed by atoms with Crippen LogP contribution in [0.2, 0.25) is 0 Å². The van der Waals surface area contributed by atoms with Gasteiger partial charge in [0.2, 0.25) is 0 Å². The van der Waals surface area contributed by atoms with E-state index in [1.54, 1.807) is 13.0 Å². The molecule has 17 heavy (non-hydrogen) atoms. The Morgan fingerprint density at radius 3 is 2.59 bits per heavy atom. The van der Waals surface area contributed by atoms with Gasteiger partial charge in [0.15, 0.2) is 5.78 Å². The Hall–Kier alpha value is -1.18. The molecule has 0 unspecified atom stereocenters. The highest BCUT2D eigenvalue weighted by Crippen LogP contribution is 2.40. The van der Waals surface area contributed by atoms with Crippen LogP contribution in [0.15, 0.2) is 22.8 Å². The summed E-state index contributed by atoms with van der Waals surface area (Å²) >= 11 is 0. The van der Waals surface area contributed by atoms with E-state index in [9.17, 15) is 9.59 Å². The fourth-order valence-electron chi connectivity index (χ4n) is 2.64. The van der Waals surface area contributed by atoms with Crippen molar-refractivity contribution < 1.29 is 9.59 Å². The number of ketones is 1. The van der Waals surface area contributed by atoms with Gasteiger partial charge in [0.25, 0.3) is 0 Å². The molecule has 1 rings (SSSR count). The number of rotatable bonds is 4. The minimum absolute atomic E-state index is 0.0116. The van der Waals surface area contributed by atoms with E-state index in [0.717, 1.165) is 24.7 Å². The van der Waals surface area contributed by atoms with Gasteiger partial charge in [0, 0.05) is 6.42 Å². The van der Waals surface area contributed by atoms with Crippen molar-refractivity contribution in [3.63, 3.8) is 0 Å². The average molecular weight is 234 g/mol. The first-order valence-corrected chi connectivity index (χ1v) is 6.24. The summed E-state index contributed by atoms with van der Waals surface area (Å²) in [6.45, 7) is 8.07. The standard InChI is InChI=1S/C15H22O2/c1-11(10-16)7-8-13(17)14-12(2)6-5-9-15(14,3)4/h7,10H,5-6,8-9H2,1-4H3. The summed E-state index contributed by atoms with van der Waals surface area (Å²) in [5.74, 6) is 0.174. The molecule has 0 spiro atoms. The Morgan fingerprint density at radius 2 is 2.06 bits per heavy atom. The third-order valence-electron chi connectivity index (χ3n) is 3.53. The monoisotopic (exact) mass is 234 g/mol. The zero-order valence-electron chi connectivity index (χ0n) is 11.3. The van der Waals surface area contributed by atoms with Crippen LogP contribution < -0.4 is 0 Å². The Kier molecular flexibility index (Phi) is 4.44. The summed E-state index contributed by atoms with van der Waals surface area (Å²) in [6, 6.07) is 0. The fraction of sp³-hybridized carbons (Fsp3) is 0.600. The maximum atomic E-state index is 12.2. The van der Waals surface area contributed by atoms with E-state index in [2.05, 4.69) is 20.8 Å². The third kappa shape index (κ3) is 3.39. The van der Waals surface area contributed by atoms with Gasteiger partial charge < -0.3 is 0 Å². The Morgan fingerprint density at radius 1 is 1.41 bits per heavy atom. The molecular weight excluding hydrogens is 212 g/mol. The van der Waals surface area contributed by atoms with Gasteiger partial charge >= 0.3 is 0 Å². The van der Waals surface area contributed by atoms with E-state index in [1.165, 1.54) is 12.0 Å². The van der Waals surface area contributed by atoms with Crippen molar-refractivity contribution in [2.45, 2.75) is 53.4 Å². The number of Topliss-reactive ketones (excluding diaryl/α,β-unsaturated/α-hetero) is 1. The van der Waals surface area contributed by atoms with Crippen LogP contribution in [0.4, 0.5) is 0 Å². The number of allylic oxidation sites excluding steroid dienone is 4. The minimum atomic E-state index is -0.0116. The van der Waals surface area contributed by atoms with Gasteiger partial charge in [-0.15, -0.1) is 0 Å². The van der Waals surface area contributed by atoms with Gasteiger partial charge in [-0.05, 0) is 49.7 Å². The van der Waals surface area contributed by atoms with E-state index in [0.29, 0.717) is 12.0 Å². The van der Waals surface area contributed by atoms with Crippen molar-refractivity contribution in [3.8, 4) is 0 Å². The van der Waals surface area contributed by atoms with Crippen molar-refractivity contribution in [1.29, 1.82) is 0 Å². The molecular formula is C15H22O2. The van der Waals surface area contributed by atoms with Gasteiger partial charge in [0.1, 0.15) is 6.29 Å². The summed E-state index contributed by atoms with van der Waals surface area (Å²) in [5, 5.41) is 0. The van der Waals surface area contributed by atoms with Crippen molar-refractivity contribution in [2.75, 3.05) is 0 Å². The van der Waals surface area contributed by atoms with Crippen LogP contribution in [0.5, 0.6) is 0 Å². The van der Waals surface area contributed by atoms with Gasteiger partial charge in [-0.2, -0.15) is 0 Å². The second-order valence-corrected chi connectivity index (χ2v) is 5.59. The number of carbonyl (C=O) groups excluding carboxylic acids is 2. The first kappa shape index (κ1) is 13.9. The lowest BCUT2D eigenvalue weighted by Crippen LogP contribution is -2.25. The van der Waals surface area contributed by atoms with Gasteiger partial charge in [-0.3, -0.25) is 9.59 Å². The molecule has 0 radical (unpaired) electrons. The molecule has 0 bridgehead atoms. The number of hydrogen-bond acceptors (Lipinski definition) is 2. The van der Waals surface area contributed by atoms with E-state index in [-0.39, 0.29) is 11.2 Å². The maximum absolute atomic E-state index is 12.2. The molecule has 0 atom stereocenters. The molecule has 1 aliphatic carbocycles. The summed E-state index contributed by atoms with van der Waals surface area (Å²) in [5.41, 5.74) is 2.83. The predicted molar refractivity (Wildman–Crippen MR) is 69.8 cm³/mol. The second-order valence-electron chi connectivity index (χ2n) is 5.59. The van der Waals surface area contributed by atoms with Crippen molar-refractivity contribution in [2.24, 2.45) is 5.41 Å². The molecule has 0 fully saturated rings. The Bertz CT molecular complexity index is 384. The van der Waals surface area contributed by atoms with Crippen LogP contribution in [0.3, 0.4) is 0 Å². The van der Waals surface area contributed by atoms with E-state index in [4.69, 9.17) is 0 Å². The number of carbonyl (C=O) groups is 2. The smallest absolute Gasteiger partial charge is 0.163 e. The van der Waals surface area contributed by atoms with Crippen LogP contribution in [0.1, 0.15) is 53.4 Å². The van der Waals surface area contributed by atoms with E-state index >= 15 is 0 Å². The molecule has 2 nitrogen and oxygen atoms in total. The van der Waals surface area contributed by atoms with Crippen molar-refractivity contribution in [1.82, 2.24) is 0 Å². The molecule has 0 saturated carbocycles. The normalized spacial score (nSPS) is 20.4. The highest BCUT2D eigenvalue weighted by molar-refractivity contribution is 5.98. The summed E-state index contributed by atoms with van der Waals surface area (Å²) in [4.78, 5) is 22.7. The van der Waals surface area contributed by atoms with E-state index in [1.807, 2.05) is 0 Å². The van der Waals surface area contributed by atoms with Crippen LogP contribution in [-0.2, 0) is 9.59 Å². The predicted octanol–water partition coefficient (Wildman–Crippen LogP) is 3.62. The summed E-state index contributed by atoms with van der Waals surface area (Å²) in [6.07, 6.45) is 6.13. The highest BCUT2D eigenvalue weighted by Gasteiger charge is 2.32. The molecule has 1 aliphatic rings. The lowest BCUT2D eigenvalue weighted by Gasteiger charge is -2.33. The molecule has 0 aliphatic heterocycles. The molecule has 0 saturated heterocycles. The third-order valence-corrected chi connectivity index (χ3v) is 3.53. The zero-order chi connectivity index (χ0) is 13.1. The van der Waals surface area contributed by atoms with Gasteiger partial charge in [-0.25, -0.2) is 0 Å². The largest absolute Gasteiger partial charge is 0.298 e. The lowest BCUT2D eigenvalue weighted by molar-refractivity contribution is -0.116. The number of aldehydes is 1. The molecule has 0 aromatic heterocycles. The first-order chi connectivity index (χ1) is 7.88. The van der Waals surface area contributed by atoms with Crippen LogP contribution in [0.25, 0.3) is 0 Å². The minimum Gasteiger partial charge on any atom is -0.298 e. The van der Waals surface area contributed by atoms with Crippen LogP contribution in [0, 0.1) is 5.41 Å². The molecule has 0 N–H and O–H groups in total.